The van der Waals surface area contributed by atoms with Crippen LogP contribution in [0.3, 0.4) is 0 Å². The molecular weight excluding hydrogens is 246 g/mol. The summed E-state index contributed by atoms with van der Waals surface area (Å²) in [5, 5.41) is 6.13. The Bertz CT molecular complexity index is 537. The van der Waals surface area contributed by atoms with E-state index in [0.717, 1.165) is 28.6 Å². The van der Waals surface area contributed by atoms with Gasteiger partial charge in [0.05, 0.1) is 17.2 Å². The summed E-state index contributed by atoms with van der Waals surface area (Å²) in [4.78, 5) is 15.2. The van der Waals surface area contributed by atoms with Crippen molar-refractivity contribution in [1.82, 2.24) is 15.0 Å². The van der Waals surface area contributed by atoms with Gasteiger partial charge in [-0.1, -0.05) is 0 Å². The number of hydrogen-bond acceptors (Lipinski definition) is 6. The maximum atomic E-state index is 4.47. The summed E-state index contributed by atoms with van der Waals surface area (Å²) in [7, 11) is 3.84. The van der Waals surface area contributed by atoms with Gasteiger partial charge in [-0.15, -0.1) is 11.3 Å². The fourth-order valence-electron chi connectivity index (χ4n) is 1.74. The van der Waals surface area contributed by atoms with Gasteiger partial charge in [-0.05, 0) is 13.8 Å². The minimum absolute atomic E-state index is 0.636. The maximum Gasteiger partial charge on any atom is 0.224 e. The monoisotopic (exact) mass is 263 g/mol. The van der Waals surface area contributed by atoms with Crippen molar-refractivity contribution in [3.8, 4) is 0 Å². The SMILES string of the molecule is CNc1ncc(C)c(N(C)Cc2csc(C)n2)n1. The van der Waals surface area contributed by atoms with E-state index in [1.165, 1.54) is 0 Å². The Labute approximate surface area is 111 Å². The first-order chi connectivity index (χ1) is 8.60. The van der Waals surface area contributed by atoms with Crippen molar-refractivity contribution in [3.05, 3.63) is 27.8 Å². The van der Waals surface area contributed by atoms with Crippen molar-refractivity contribution in [1.29, 1.82) is 0 Å². The number of thiazole rings is 1. The Morgan fingerprint density at radius 3 is 2.72 bits per heavy atom. The fourth-order valence-corrected chi connectivity index (χ4v) is 2.34. The van der Waals surface area contributed by atoms with Gasteiger partial charge in [0.25, 0.3) is 0 Å². The van der Waals surface area contributed by atoms with E-state index >= 15 is 0 Å². The number of nitrogens with zero attached hydrogens (tertiary/aromatic N) is 4. The van der Waals surface area contributed by atoms with Crippen molar-refractivity contribution >= 4 is 23.1 Å². The highest BCUT2D eigenvalue weighted by Crippen LogP contribution is 2.19. The molecule has 96 valence electrons. The van der Waals surface area contributed by atoms with E-state index in [-0.39, 0.29) is 0 Å². The quantitative estimate of drug-likeness (QED) is 0.916. The largest absolute Gasteiger partial charge is 0.357 e. The summed E-state index contributed by atoms with van der Waals surface area (Å²) in [6.45, 7) is 4.78. The number of anilines is 2. The molecule has 0 aliphatic carbocycles. The highest BCUT2D eigenvalue weighted by molar-refractivity contribution is 7.09. The zero-order chi connectivity index (χ0) is 13.1. The first-order valence-electron chi connectivity index (χ1n) is 5.73. The zero-order valence-corrected chi connectivity index (χ0v) is 11.9. The van der Waals surface area contributed by atoms with E-state index < -0.39 is 0 Å². The van der Waals surface area contributed by atoms with Crippen LogP contribution >= 0.6 is 11.3 Å². The number of aromatic nitrogens is 3. The highest BCUT2D eigenvalue weighted by atomic mass is 32.1. The Balaban J connectivity index is 2.20. The van der Waals surface area contributed by atoms with Crippen molar-refractivity contribution in [2.45, 2.75) is 20.4 Å². The molecule has 0 amide bonds. The molecule has 0 unspecified atom stereocenters. The Hall–Kier alpha value is -1.69. The van der Waals surface area contributed by atoms with E-state index in [1.807, 2.05) is 34.1 Å². The Morgan fingerprint density at radius 1 is 1.33 bits per heavy atom. The second kappa shape index (κ2) is 5.30. The number of hydrogen-bond donors (Lipinski definition) is 1. The molecule has 18 heavy (non-hydrogen) atoms. The third-order valence-corrected chi connectivity index (χ3v) is 3.42. The smallest absolute Gasteiger partial charge is 0.224 e. The van der Waals surface area contributed by atoms with Crippen molar-refractivity contribution in [2.24, 2.45) is 0 Å². The normalized spacial score (nSPS) is 10.4. The summed E-state index contributed by atoms with van der Waals surface area (Å²) in [6.07, 6.45) is 1.83. The molecule has 2 aromatic rings. The molecule has 1 N–H and O–H groups in total. The Kier molecular flexibility index (Phi) is 3.76. The molecule has 0 atom stereocenters. The van der Waals surface area contributed by atoms with Crippen LogP contribution in [0.2, 0.25) is 0 Å². The van der Waals surface area contributed by atoms with E-state index in [0.29, 0.717) is 5.95 Å². The molecule has 5 nitrogen and oxygen atoms in total. The van der Waals surface area contributed by atoms with Crippen molar-refractivity contribution in [2.75, 3.05) is 24.3 Å². The lowest BCUT2D eigenvalue weighted by Gasteiger charge is -2.19. The third-order valence-electron chi connectivity index (χ3n) is 2.60. The van der Waals surface area contributed by atoms with Gasteiger partial charge in [0.2, 0.25) is 5.95 Å². The molecule has 0 spiro atoms. The lowest BCUT2D eigenvalue weighted by Crippen LogP contribution is -2.19. The molecule has 0 saturated carbocycles. The zero-order valence-electron chi connectivity index (χ0n) is 11.1. The van der Waals surface area contributed by atoms with Crippen molar-refractivity contribution in [3.63, 3.8) is 0 Å². The van der Waals surface area contributed by atoms with Crippen LogP contribution in [0.15, 0.2) is 11.6 Å². The van der Waals surface area contributed by atoms with Crippen LogP contribution in [0.1, 0.15) is 16.3 Å². The van der Waals surface area contributed by atoms with Crippen LogP contribution in [-0.2, 0) is 6.54 Å². The van der Waals surface area contributed by atoms with E-state index in [4.69, 9.17) is 0 Å². The van der Waals surface area contributed by atoms with Crippen LogP contribution in [0.4, 0.5) is 11.8 Å². The topological polar surface area (TPSA) is 53.9 Å². The minimum Gasteiger partial charge on any atom is -0.357 e. The molecule has 0 saturated heterocycles. The summed E-state index contributed by atoms with van der Waals surface area (Å²) < 4.78 is 0. The van der Waals surface area contributed by atoms with Crippen LogP contribution in [-0.4, -0.2) is 29.0 Å². The van der Waals surface area contributed by atoms with Gasteiger partial charge < -0.3 is 10.2 Å². The highest BCUT2D eigenvalue weighted by Gasteiger charge is 2.10. The molecule has 0 aliphatic heterocycles. The standard InChI is InChI=1S/C12H17N5S/c1-8-5-14-12(13-3)16-11(8)17(4)6-10-7-18-9(2)15-10/h5,7H,6H2,1-4H3,(H,13,14,16). The second-order valence-corrected chi connectivity index (χ2v) is 5.23. The van der Waals surface area contributed by atoms with Crippen LogP contribution in [0.25, 0.3) is 0 Å². The van der Waals surface area contributed by atoms with Crippen LogP contribution in [0, 0.1) is 13.8 Å². The molecule has 0 radical (unpaired) electrons. The summed E-state index contributed by atoms with van der Waals surface area (Å²) in [5.74, 6) is 1.57. The first kappa shape index (κ1) is 12.8. The average molecular weight is 263 g/mol. The fraction of sp³-hybridized carbons (Fsp3) is 0.417. The van der Waals surface area contributed by atoms with Gasteiger partial charge in [-0.25, -0.2) is 9.97 Å². The van der Waals surface area contributed by atoms with Gasteiger partial charge in [-0.3, -0.25) is 0 Å². The average Bonchev–Trinajstić information content (AvgIpc) is 2.75. The molecule has 2 heterocycles. The van der Waals surface area contributed by atoms with Gasteiger partial charge in [0, 0.05) is 31.2 Å². The Morgan fingerprint density at radius 2 is 2.11 bits per heavy atom. The first-order valence-corrected chi connectivity index (χ1v) is 6.61. The van der Waals surface area contributed by atoms with Crippen LogP contribution in [0.5, 0.6) is 0 Å². The predicted molar refractivity (Wildman–Crippen MR) is 75.3 cm³/mol. The van der Waals surface area contributed by atoms with Gasteiger partial charge in [0.15, 0.2) is 0 Å². The molecule has 6 heteroatoms. The van der Waals surface area contributed by atoms with Gasteiger partial charge in [0.1, 0.15) is 5.82 Å². The number of nitrogens with one attached hydrogen (secondary N) is 1. The minimum atomic E-state index is 0.636. The van der Waals surface area contributed by atoms with Crippen LogP contribution < -0.4 is 10.2 Å². The number of rotatable bonds is 4. The van der Waals surface area contributed by atoms with E-state index in [9.17, 15) is 0 Å². The lowest BCUT2D eigenvalue weighted by molar-refractivity contribution is 0.859. The summed E-state index contributed by atoms with van der Waals surface area (Å²) >= 11 is 1.67. The maximum absolute atomic E-state index is 4.47. The summed E-state index contributed by atoms with van der Waals surface area (Å²) in [6, 6.07) is 0. The molecule has 2 aromatic heterocycles. The van der Waals surface area contributed by atoms with Crippen molar-refractivity contribution < 1.29 is 0 Å². The molecule has 0 aliphatic rings. The van der Waals surface area contributed by atoms with E-state index in [1.54, 1.807) is 11.3 Å². The number of aryl methyl sites for hydroxylation is 2. The second-order valence-electron chi connectivity index (χ2n) is 4.16. The third kappa shape index (κ3) is 2.76. The van der Waals surface area contributed by atoms with Gasteiger partial charge >= 0.3 is 0 Å². The summed E-state index contributed by atoms with van der Waals surface area (Å²) in [5.41, 5.74) is 2.13. The van der Waals surface area contributed by atoms with Gasteiger partial charge in [-0.2, -0.15) is 4.98 Å². The molecule has 0 aromatic carbocycles. The molecule has 0 bridgehead atoms. The predicted octanol–water partition coefficient (Wildman–Crippen LogP) is 2.23. The molecule has 0 fully saturated rings. The molecular formula is C12H17N5S. The lowest BCUT2D eigenvalue weighted by atomic mass is 10.3. The molecule has 2 rings (SSSR count). The van der Waals surface area contributed by atoms with E-state index in [2.05, 4.69) is 30.5 Å².